The van der Waals surface area contributed by atoms with Gasteiger partial charge in [-0.25, -0.2) is 0 Å². The number of amides is 1. The van der Waals surface area contributed by atoms with Crippen LogP contribution in [0.4, 0.5) is 0 Å². The molecule has 0 fully saturated rings. The van der Waals surface area contributed by atoms with Crippen molar-refractivity contribution in [3.8, 4) is 0 Å². The van der Waals surface area contributed by atoms with Gasteiger partial charge in [-0.3, -0.25) is 4.79 Å². The molecule has 4 N–H and O–H groups in total. The Morgan fingerprint density at radius 3 is 2.26 bits per heavy atom. The van der Waals surface area contributed by atoms with E-state index >= 15 is 0 Å². The van der Waals surface area contributed by atoms with Crippen LogP contribution in [0.2, 0.25) is 0 Å². The standard InChI is InChI=1S/C14H29NO4/c1-3-4-5-6-7-8-9-11(2)15-14(19)13(18)12(17)10-16/h11-13,16-18H,3-10H2,1-2H3,(H,15,19)/t11?,12-,13-/m1/s1. The third kappa shape index (κ3) is 8.97. The number of aliphatic hydroxyl groups is 3. The molecule has 5 heteroatoms. The van der Waals surface area contributed by atoms with E-state index < -0.39 is 24.7 Å². The molecule has 0 aliphatic carbocycles. The molecule has 0 saturated heterocycles. The molecule has 0 spiro atoms. The van der Waals surface area contributed by atoms with E-state index in [1.54, 1.807) is 0 Å². The van der Waals surface area contributed by atoms with Crippen molar-refractivity contribution >= 4 is 5.91 Å². The molecule has 0 rings (SSSR count). The lowest BCUT2D eigenvalue weighted by molar-refractivity contribution is -0.137. The van der Waals surface area contributed by atoms with E-state index in [4.69, 9.17) is 10.2 Å². The number of rotatable bonds is 11. The number of unbranched alkanes of at least 4 members (excludes halogenated alkanes) is 5. The van der Waals surface area contributed by atoms with Crippen molar-refractivity contribution in [1.29, 1.82) is 0 Å². The highest BCUT2D eigenvalue weighted by Crippen LogP contribution is 2.08. The number of carbonyl (C=O) groups is 1. The van der Waals surface area contributed by atoms with Gasteiger partial charge in [0.25, 0.3) is 5.91 Å². The van der Waals surface area contributed by atoms with Crippen LogP contribution in [-0.4, -0.2) is 46.1 Å². The molecule has 0 heterocycles. The number of nitrogens with one attached hydrogen (secondary N) is 1. The quantitative estimate of drug-likeness (QED) is 0.423. The van der Waals surface area contributed by atoms with E-state index in [9.17, 15) is 9.90 Å². The van der Waals surface area contributed by atoms with Crippen LogP contribution in [0.3, 0.4) is 0 Å². The van der Waals surface area contributed by atoms with Gasteiger partial charge in [0.2, 0.25) is 0 Å². The van der Waals surface area contributed by atoms with Gasteiger partial charge in [-0.2, -0.15) is 0 Å². The van der Waals surface area contributed by atoms with Gasteiger partial charge in [0, 0.05) is 6.04 Å². The van der Waals surface area contributed by atoms with Crippen LogP contribution in [0.15, 0.2) is 0 Å². The van der Waals surface area contributed by atoms with Gasteiger partial charge in [-0.1, -0.05) is 45.4 Å². The lowest BCUT2D eigenvalue weighted by Gasteiger charge is -2.19. The molecule has 114 valence electrons. The third-order valence-corrected chi connectivity index (χ3v) is 3.20. The van der Waals surface area contributed by atoms with Crippen LogP contribution >= 0.6 is 0 Å². The zero-order valence-electron chi connectivity index (χ0n) is 12.1. The summed E-state index contributed by atoms with van der Waals surface area (Å²) in [5.41, 5.74) is 0. The van der Waals surface area contributed by atoms with Gasteiger partial charge in [-0.05, 0) is 13.3 Å². The molecular weight excluding hydrogens is 246 g/mol. The molecule has 5 nitrogen and oxygen atoms in total. The monoisotopic (exact) mass is 275 g/mol. The van der Waals surface area contributed by atoms with Crippen LogP contribution in [0.5, 0.6) is 0 Å². The zero-order valence-corrected chi connectivity index (χ0v) is 12.1. The summed E-state index contributed by atoms with van der Waals surface area (Å²) in [6, 6.07) is -0.0285. The number of hydrogen-bond donors (Lipinski definition) is 4. The topological polar surface area (TPSA) is 89.8 Å². The largest absolute Gasteiger partial charge is 0.394 e. The van der Waals surface area contributed by atoms with Crippen molar-refractivity contribution in [3.05, 3.63) is 0 Å². The average molecular weight is 275 g/mol. The average Bonchev–Trinajstić information content (AvgIpc) is 2.40. The summed E-state index contributed by atoms with van der Waals surface area (Å²) in [4.78, 5) is 11.5. The van der Waals surface area contributed by atoms with Crippen LogP contribution in [0.25, 0.3) is 0 Å². The fourth-order valence-corrected chi connectivity index (χ4v) is 1.91. The Bertz CT molecular complexity index is 235. The molecule has 0 bridgehead atoms. The lowest BCUT2D eigenvalue weighted by Crippen LogP contribution is -2.46. The Morgan fingerprint density at radius 2 is 1.68 bits per heavy atom. The molecule has 3 atom stereocenters. The highest BCUT2D eigenvalue weighted by Gasteiger charge is 2.24. The van der Waals surface area contributed by atoms with Gasteiger partial charge in [-0.15, -0.1) is 0 Å². The summed E-state index contributed by atoms with van der Waals surface area (Å²) in [5, 5.41) is 29.8. The van der Waals surface area contributed by atoms with E-state index in [2.05, 4.69) is 12.2 Å². The summed E-state index contributed by atoms with van der Waals surface area (Å²) in [6.07, 6.45) is 5.08. The fourth-order valence-electron chi connectivity index (χ4n) is 1.91. The highest BCUT2D eigenvalue weighted by atomic mass is 16.4. The number of carbonyl (C=O) groups excluding carboxylic acids is 1. The van der Waals surface area contributed by atoms with Gasteiger partial charge >= 0.3 is 0 Å². The van der Waals surface area contributed by atoms with E-state index in [1.807, 2.05) is 6.92 Å². The van der Waals surface area contributed by atoms with E-state index in [-0.39, 0.29) is 6.04 Å². The molecule has 0 aromatic rings. The van der Waals surface area contributed by atoms with Crippen LogP contribution in [0, 0.1) is 0 Å². The molecule has 19 heavy (non-hydrogen) atoms. The summed E-state index contributed by atoms with van der Waals surface area (Å²) in [5.74, 6) is -0.625. The zero-order chi connectivity index (χ0) is 14.7. The fraction of sp³-hybridized carbons (Fsp3) is 0.929. The SMILES string of the molecule is CCCCCCCCC(C)NC(=O)[C@H](O)[C@H](O)CO. The maximum atomic E-state index is 11.5. The van der Waals surface area contributed by atoms with Crippen LogP contribution in [0.1, 0.15) is 58.8 Å². The smallest absolute Gasteiger partial charge is 0.251 e. The molecule has 0 aromatic heterocycles. The van der Waals surface area contributed by atoms with Gasteiger partial charge in [0.1, 0.15) is 6.10 Å². The van der Waals surface area contributed by atoms with Crippen molar-refractivity contribution in [2.75, 3.05) is 6.61 Å². The Kier molecular flexibility index (Phi) is 10.8. The third-order valence-electron chi connectivity index (χ3n) is 3.20. The minimum atomic E-state index is -1.56. The van der Waals surface area contributed by atoms with Crippen LogP contribution in [-0.2, 0) is 4.79 Å². The maximum Gasteiger partial charge on any atom is 0.251 e. The Morgan fingerprint density at radius 1 is 1.11 bits per heavy atom. The first-order valence-corrected chi connectivity index (χ1v) is 7.30. The maximum absolute atomic E-state index is 11.5. The first-order chi connectivity index (χ1) is 9.02. The second-order valence-electron chi connectivity index (χ2n) is 5.16. The number of aliphatic hydroxyl groups excluding tert-OH is 3. The van der Waals surface area contributed by atoms with Gasteiger partial charge < -0.3 is 20.6 Å². The predicted molar refractivity (Wildman–Crippen MR) is 74.7 cm³/mol. The van der Waals surface area contributed by atoms with Crippen molar-refractivity contribution < 1.29 is 20.1 Å². The molecule has 1 unspecified atom stereocenters. The molecule has 0 aromatic carbocycles. The number of hydrogen-bond acceptors (Lipinski definition) is 4. The first-order valence-electron chi connectivity index (χ1n) is 7.30. The Labute approximate surface area is 116 Å². The summed E-state index contributed by atoms with van der Waals surface area (Å²) < 4.78 is 0. The second kappa shape index (κ2) is 11.2. The minimum Gasteiger partial charge on any atom is -0.394 e. The van der Waals surface area contributed by atoms with Crippen molar-refractivity contribution in [2.45, 2.75) is 77.0 Å². The molecule has 0 radical (unpaired) electrons. The van der Waals surface area contributed by atoms with Gasteiger partial charge in [0.15, 0.2) is 6.10 Å². The summed E-state index contributed by atoms with van der Waals surface area (Å²) in [7, 11) is 0. The molecule has 0 aliphatic heterocycles. The highest BCUT2D eigenvalue weighted by molar-refractivity contribution is 5.81. The van der Waals surface area contributed by atoms with Crippen molar-refractivity contribution in [3.63, 3.8) is 0 Å². The molecule has 0 saturated carbocycles. The first kappa shape index (κ1) is 18.4. The normalized spacial score (nSPS) is 15.8. The Balaban J connectivity index is 3.67. The Hall–Kier alpha value is -0.650. The molecule has 0 aliphatic rings. The van der Waals surface area contributed by atoms with Gasteiger partial charge in [0.05, 0.1) is 6.61 Å². The van der Waals surface area contributed by atoms with E-state index in [1.165, 1.54) is 25.7 Å². The minimum absolute atomic E-state index is 0.0285. The molecular formula is C14H29NO4. The summed E-state index contributed by atoms with van der Waals surface area (Å²) >= 11 is 0. The lowest BCUT2D eigenvalue weighted by atomic mass is 10.1. The van der Waals surface area contributed by atoms with Crippen molar-refractivity contribution in [2.24, 2.45) is 0 Å². The van der Waals surface area contributed by atoms with Crippen molar-refractivity contribution in [1.82, 2.24) is 5.32 Å². The molecule has 1 amide bonds. The summed E-state index contributed by atoms with van der Waals surface area (Å²) in [6.45, 7) is 3.44. The van der Waals surface area contributed by atoms with E-state index in [0.717, 1.165) is 19.3 Å². The van der Waals surface area contributed by atoms with Crippen LogP contribution < -0.4 is 5.32 Å². The second-order valence-corrected chi connectivity index (χ2v) is 5.16. The predicted octanol–water partition coefficient (Wildman–Crippen LogP) is 0.956. The van der Waals surface area contributed by atoms with E-state index in [0.29, 0.717) is 0 Å².